The van der Waals surface area contributed by atoms with Crippen LogP contribution in [0.15, 0.2) is 11.6 Å². The third-order valence-corrected chi connectivity index (χ3v) is 8.84. The van der Waals surface area contributed by atoms with Gasteiger partial charge in [0.1, 0.15) is 5.78 Å². The lowest BCUT2D eigenvalue weighted by molar-refractivity contribution is -0.211. The number of Topliss-reactive ketones (excluding diaryl/α,β-unsaturated/α-hetero) is 1. The lowest BCUT2D eigenvalue weighted by Gasteiger charge is -2.57. The molecule has 0 amide bonds. The lowest BCUT2D eigenvalue weighted by Crippen LogP contribution is -2.51. The van der Waals surface area contributed by atoms with E-state index >= 15 is 0 Å². The van der Waals surface area contributed by atoms with Crippen molar-refractivity contribution in [1.82, 2.24) is 0 Å². The number of aliphatic hydroxyl groups is 2. The van der Waals surface area contributed by atoms with Gasteiger partial charge in [-0.1, -0.05) is 32.4 Å². The summed E-state index contributed by atoms with van der Waals surface area (Å²) in [6.07, 6.45) is 8.79. The van der Waals surface area contributed by atoms with E-state index in [4.69, 9.17) is 0 Å². The molecule has 2 N–H and O–H groups in total. The molecule has 4 aliphatic rings. The zero-order chi connectivity index (χ0) is 18.2. The quantitative estimate of drug-likeness (QED) is 0.555. The Hall–Kier alpha value is -0.670. The molecule has 0 spiro atoms. The highest BCUT2D eigenvalue weighted by Gasteiger charge is 2.60. The van der Waals surface area contributed by atoms with Crippen molar-refractivity contribution >= 4 is 5.78 Å². The van der Waals surface area contributed by atoms with Crippen LogP contribution >= 0.6 is 0 Å². The standard InChI is InChI=1S/C22H34O3/c1-13-11-18-16-6-5-15-12-22(24,25)10-9-20(15,3)17(16)7-8-21(18,4)19(13)14(2)23/h7,13,15-16,18-19,24-25H,5-6,8-12H2,1-4H3/t13-,15?,16?,18?,19+,20-,21-/m0/s1. The lowest BCUT2D eigenvalue weighted by atomic mass is 9.48. The fourth-order valence-corrected chi connectivity index (χ4v) is 7.73. The van der Waals surface area contributed by atoms with Crippen LogP contribution in [-0.4, -0.2) is 21.8 Å². The van der Waals surface area contributed by atoms with Crippen LogP contribution in [0.3, 0.4) is 0 Å². The number of rotatable bonds is 1. The van der Waals surface area contributed by atoms with Crippen molar-refractivity contribution in [2.75, 3.05) is 0 Å². The Kier molecular flexibility index (Phi) is 3.84. The summed E-state index contributed by atoms with van der Waals surface area (Å²) in [6, 6.07) is 0. The molecule has 0 aromatic carbocycles. The molecule has 3 heteroatoms. The van der Waals surface area contributed by atoms with Gasteiger partial charge in [-0.05, 0) is 73.5 Å². The molecule has 0 radical (unpaired) electrons. The maximum absolute atomic E-state index is 12.4. The smallest absolute Gasteiger partial charge is 0.162 e. The number of fused-ring (bicyclic) bond motifs is 5. The van der Waals surface area contributed by atoms with E-state index in [1.807, 2.05) is 0 Å². The summed E-state index contributed by atoms with van der Waals surface area (Å²) in [5.41, 5.74) is 1.84. The molecule has 4 rings (SSSR count). The molecule has 25 heavy (non-hydrogen) atoms. The van der Waals surface area contributed by atoms with Crippen LogP contribution in [0.2, 0.25) is 0 Å². The zero-order valence-electron chi connectivity index (χ0n) is 16.2. The number of carbonyl (C=O) groups excluding carboxylic acids is 1. The summed E-state index contributed by atoms with van der Waals surface area (Å²) in [7, 11) is 0. The van der Waals surface area contributed by atoms with Crippen molar-refractivity contribution in [3.63, 3.8) is 0 Å². The first-order valence-electron chi connectivity index (χ1n) is 10.2. The number of hydrogen-bond acceptors (Lipinski definition) is 3. The Bertz CT molecular complexity index is 621. The molecule has 0 saturated heterocycles. The second kappa shape index (κ2) is 5.42. The normalized spacial score (nSPS) is 51.1. The molecule has 3 unspecified atom stereocenters. The molecule has 0 aromatic heterocycles. The van der Waals surface area contributed by atoms with Crippen molar-refractivity contribution in [1.29, 1.82) is 0 Å². The van der Waals surface area contributed by atoms with Gasteiger partial charge in [0.15, 0.2) is 5.79 Å². The van der Waals surface area contributed by atoms with Gasteiger partial charge >= 0.3 is 0 Å². The molecule has 3 saturated carbocycles. The van der Waals surface area contributed by atoms with Crippen LogP contribution < -0.4 is 0 Å². The van der Waals surface area contributed by atoms with E-state index in [1.54, 1.807) is 12.5 Å². The molecule has 3 nitrogen and oxygen atoms in total. The first kappa shape index (κ1) is 17.7. The van der Waals surface area contributed by atoms with E-state index in [9.17, 15) is 15.0 Å². The first-order chi connectivity index (χ1) is 11.6. The molecule has 140 valence electrons. The van der Waals surface area contributed by atoms with Crippen molar-refractivity contribution in [3.8, 4) is 0 Å². The van der Waals surface area contributed by atoms with E-state index in [0.29, 0.717) is 42.3 Å². The van der Waals surface area contributed by atoms with Crippen LogP contribution in [0.1, 0.15) is 72.6 Å². The van der Waals surface area contributed by atoms with E-state index in [1.165, 1.54) is 6.42 Å². The van der Waals surface area contributed by atoms with Gasteiger partial charge < -0.3 is 10.2 Å². The van der Waals surface area contributed by atoms with Crippen molar-refractivity contribution < 1.29 is 15.0 Å². The molecular weight excluding hydrogens is 312 g/mol. The van der Waals surface area contributed by atoms with Gasteiger partial charge in [0.2, 0.25) is 0 Å². The molecule has 0 aliphatic heterocycles. The van der Waals surface area contributed by atoms with Crippen LogP contribution in [0, 0.1) is 40.4 Å². The van der Waals surface area contributed by atoms with Gasteiger partial charge in [-0.25, -0.2) is 0 Å². The second-order valence-electron chi connectivity index (χ2n) is 10.3. The minimum absolute atomic E-state index is 0.120. The average Bonchev–Trinajstić information content (AvgIpc) is 2.78. The highest BCUT2D eigenvalue weighted by molar-refractivity contribution is 5.80. The maximum atomic E-state index is 12.4. The Morgan fingerprint density at radius 1 is 1.20 bits per heavy atom. The van der Waals surface area contributed by atoms with Gasteiger partial charge in [0.25, 0.3) is 0 Å². The molecule has 0 aromatic rings. The summed E-state index contributed by atoms with van der Waals surface area (Å²) in [5.74, 6) is 1.18. The summed E-state index contributed by atoms with van der Waals surface area (Å²) >= 11 is 0. The summed E-state index contributed by atoms with van der Waals surface area (Å²) < 4.78 is 0. The van der Waals surface area contributed by atoms with Crippen LogP contribution in [0.25, 0.3) is 0 Å². The van der Waals surface area contributed by atoms with Crippen molar-refractivity contribution in [2.45, 2.75) is 78.4 Å². The zero-order valence-corrected chi connectivity index (χ0v) is 16.2. The number of ketones is 1. The summed E-state index contributed by atoms with van der Waals surface area (Å²) in [5, 5.41) is 20.3. The Balaban J connectivity index is 1.69. The Morgan fingerprint density at radius 2 is 1.92 bits per heavy atom. The maximum Gasteiger partial charge on any atom is 0.162 e. The number of allylic oxidation sites excluding steroid dienone is 2. The van der Waals surface area contributed by atoms with Crippen molar-refractivity contribution in [2.24, 2.45) is 40.4 Å². The largest absolute Gasteiger partial charge is 0.366 e. The topological polar surface area (TPSA) is 57.5 Å². The fourth-order valence-electron chi connectivity index (χ4n) is 7.73. The average molecular weight is 347 g/mol. The number of carbonyl (C=O) groups is 1. The van der Waals surface area contributed by atoms with Gasteiger partial charge in [-0.3, -0.25) is 4.79 Å². The monoisotopic (exact) mass is 346 g/mol. The molecular formula is C22H34O3. The Morgan fingerprint density at radius 3 is 2.60 bits per heavy atom. The third kappa shape index (κ3) is 2.41. The van der Waals surface area contributed by atoms with Crippen molar-refractivity contribution in [3.05, 3.63) is 11.6 Å². The SMILES string of the molecule is CC(=O)[C@H]1[C@@H](C)CC2C3CCC4CC(O)(O)CC[C@]4(C)C3=CC[C@@]21C. The predicted octanol–water partition coefficient (Wildman–Crippen LogP) is 4.08. The van der Waals surface area contributed by atoms with E-state index in [2.05, 4.69) is 26.8 Å². The number of hydrogen-bond donors (Lipinski definition) is 2. The van der Waals surface area contributed by atoms with E-state index < -0.39 is 5.79 Å². The second-order valence-corrected chi connectivity index (χ2v) is 10.3. The van der Waals surface area contributed by atoms with Crippen LogP contribution in [-0.2, 0) is 4.79 Å². The van der Waals surface area contributed by atoms with Crippen LogP contribution in [0.4, 0.5) is 0 Å². The molecule has 7 atom stereocenters. The van der Waals surface area contributed by atoms with Gasteiger partial charge in [0.05, 0.1) is 0 Å². The van der Waals surface area contributed by atoms with E-state index in [0.717, 1.165) is 25.7 Å². The summed E-state index contributed by atoms with van der Waals surface area (Å²) in [6.45, 7) is 8.79. The highest BCUT2D eigenvalue weighted by Crippen LogP contribution is 2.66. The predicted molar refractivity (Wildman–Crippen MR) is 97.6 cm³/mol. The minimum atomic E-state index is -1.47. The fraction of sp³-hybridized carbons (Fsp3) is 0.864. The van der Waals surface area contributed by atoms with E-state index in [-0.39, 0.29) is 16.7 Å². The van der Waals surface area contributed by atoms with Gasteiger partial charge in [-0.15, -0.1) is 0 Å². The molecule has 0 heterocycles. The molecule has 3 fully saturated rings. The third-order valence-electron chi connectivity index (χ3n) is 8.84. The van der Waals surface area contributed by atoms with Gasteiger partial charge in [-0.2, -0.15) is 0 Å². The minimum Gasteiger partial charge on any atom is -0.366 e. The van der Waals surface area contributed by atoms with Gasteiger partial charge in [0, 0.05) is 18.8 Å². The first-order valence-corrected chi connectivity index (χ1v) is 10.2. The molecule has 4 aliphatic carbocycles. The Labute approximate surface area is 151 Å². The summed E-state index contributed by atoms with van der Waals surface area (Å²) in [4.78, 5) is 12.4. The van der Waals surface area contributed by atoms with Crippen LogP contribution in [0.5, 0.6) is 0 Å². The highest BCUT2D eigenvalue weighted by atomic mass is 16.5. The molecule has 0 bridgehead atoms.